The largest absolute Gasteiger partial charge is 0.465 e. The van der Waals surface area contributed by atoms with E-state index in [1.165, 1.54) is 17.0 Å². The molecule has 0 aromatic carbocycles. The van der Waals surface area contributed by atoms with Crippen molar-refractivity contribution in [2.45, 2.75) is 25.9 Å². The van der Waals surface area contributed by atoms with Gasteiger partial charge in [0.1, 0.15) is 5.82 Å². The summed E-state index contributed by atoms with van der Waals surface area (Å²) in [6.45, 7) is 4.54. The van der Waals surface area contributed by atoms with Crippen LogP contribution in [0.5, 0.6) is 0 Å². The number of hydrogen-bond donors (Lipinski definition) is 2. The molecule has 0 radical (unpaired) electrons. The summed E-state index contributed by atoms with van der Waals surface area (Å²) in [7, 11) is 0. The third-order valence-corrected chi connectivity index (χ3v) is 3.55. The van der Waals surface area contributed by atoms with E-state index in [1.54, 1.807) is 0 Å². The first-order valence-electron chi connectivity index (χ1n) is 6.48. The maximum Gasteiger partial charge on any atom is 0.407 e. The molecule has 3 N–H and O–H groups in total. The predicted molar refractivity (Wildman–Crippen MR) is 76.3 cm³/mol. The zero-order valence-electron chi connectivity index (χ0n) is 11.8. The van der Waals surface area contributed by atoms with Gasteiger partial charge in [0.25, 0.3) is 0 Å². The normalized spacial score (nSPS) is 22.2. The van der Waals surface area contributed by atoms with Crippen LogP contribution in [0.1, 0.15) is 13.8 Å². The molecule has 114 valence electrons. The minimum atomic E-state index is -0.953. The third-order valence-electron chi connectivity index (χ3n) is 3.55. The highest BCUT2D eigenvalue weighted by Gasteiger charge is 2.33. The zero-order chi connectivity index (χ0) is 15.7. The first-order chi connectivity index (χ1) is 9.81. The molecule has 2 atom stereocenters. The number of nitro groups is 1. The number of carbonyl (C=O) groups is 1. The quantitative estimate of drug-likeness (QED) is 0.619. The molecule has 0 bridgehead atoms. The smallest absolute Gasteiger partial charge is 0.407 e. The van der Waals surface area contributed by atoms with Gasteiger partial charge in [-0.3, -0.25) is 15.0 Å². The standard InChI is InChI=1S/C12H17N5O4/c1-7-5-15(6-8(2)16(7)12(18)19)10-4-3-9(17(20)21)11(13)14-10/h3-4,7-8H,5-6H2,1-2H3,(H2,13,14)(H,18,19)/t7-,8+. The number of pyridine rings is 1. The van der Waals surface area contributed by atoms with E-state index in [4.69, 9.17) is 5.73 Å². The van der Waals surface area contributed by atoms with Crippen molar-refractivity contribution >= 4 is 23.4 Å². The summed E-state index contributed by atoms with van der Waals surface area (Å²) in [5.74, 6) is 0.375. The first kappa shape index (κ1) is 14.8. The van der Waals surface area contributed by atoms with E-state index < -0.39 is 11.0 Å². The minimum Gasteiger partial charge on any atom is -0.465 e. The van der Waals surface area contributed by atoms with Crippen LogP contribution >= 0.6 is 0 Å². The number of rotatable bonds is 2. The molecule has 1 aliphatic heterocycles. The Balaban J connectivity index is 2.22. The average Bonchev–Trinajstić information content (AvgIpc) is 2.36. The summed E-state index contributed by atoms with van der Waals surface area (Å²) in [6, 6.07) is 2.44. The summed E-state index contributed by atoms with van der Waals surface area (Å²) in [6.07, 6.45) is -0.953. The number of hydrogen-bond acceptors (Lipinski definition) is 6. The van der Waals surface area contributed by atoms with Gasteiger partial charge < -0.3 is 15.7 Å². The maximum absolute atomic E-state index is 11.2. The number of anilines is 2. The molecule has 9 nitrogen and oxygen atoms in total. The van der Waals surface area contributed by atoms with E-state index in [0.717, 1.165) is 0 Å². The second-order valence-corrected chi connectivity index (χ2v) is 5.12. The summed E-state index contributed by atoms with van der Waals surface area (Å²) in [5, 5.41) is 19.9. The van der Waals surface area contributed by atoms with Crippen molar-refractivity contribution in [3.63, 3.8) is 0 Å². The van der Waals surface area contributed by atoms with Crippen LogP contribution in [0.15, 0.2) is 12.1 Å². The highest BCUT2D eigenvalue weighted by Crippen LogP contribution is 2.26. The second kappa shape index (κ2) is 5.43. The van der Waals surface area contributed by atoms with E-state index in [9.17, 15) is 20.0 Å². The topological polar surface area (TPSA) is 126 Å². The van der Waals surface area contributed by atoms with Gasteiger partial charge >= 0.3 is 11.8 Å². The highest BCUT2D eigenvalue weighted by atomic mass is 16.6. The lowest BCUT2D eigenvalue weighted by Crippen LogP contribution is -2.58. The van der Waals surface area contributed by atoms with Crippen molar-refractivity contribution in [1.82, 2.24) is 9.88 Å². The Hall–Kier alpha value is -2.58. The second-order valence-electron chi connectivity index (χ2n) is 5.12. The Morgan fingerprint density at radius 3 is 2.43 bits per heavy atom. The fraction of sp³-hybridized carbons (Fsp3) is 0.500. The van der Waals surface area contributed by atoms with Gasteiger partial charge in [0.15, 0.2) is 0 Å². The van der Waals surface area contributed by atoms with Gasteiger partial charge in [-0.15, -0.1) is 0 Å². The van der Waals surface area contributed by atoms with Crippen LogP contribution in [-0.2, 0) is 0 Å². The molecule has 2 rings (SSSR count). The SMILES string of the molecule is C[C@@H]1CN(c2ccc([N+](=O)[O-])c(N)n2)C[C@H](C)N1C(=O)O. The molecule has 1 saturated heterocycles. The van der Waals surface area contributed by atoms with Crippen LogP contribution in [-0.4, -0.2) is 51.2 Å². The van der Waals surface area contributed by atoms with Crippen molar-refractivity contribution in [3.8, 4) is 0 Å². The minimum absolute atomic E-state index is 0.140. The molecule has 1 aliphatic rings. The fourth-order valence-electron chi connectivity index (χ4n) is 2.67. The van der Waals surface area contributed by atoms with Crippen LogP contribution in [0, 0.1) is 10.1 Å². The number of nitrogens with two attached hydrogens (primary N) is 1. The maximum atomic E-state index is 11.2. The lowest BCUT2D eigenvalue weighted by molar-refractivity contribution is -0.384. The van der Waals surface area contributed by atoms with Gasteiger partial charge in [0, 0.05) is 19.2 Å². The summed E-state index contributed by atoms with van der Waals surface area (Å²) < 4.78 is 0. The highest BCUT2D eigenvalue weighted by molar-refractivity contribution is 5.67. The molecule has 1 amide bonds. The van der Waals surface area contributed by atoms with Crippen LogP contribution in [0.25, 0.3) is 0 Å². The molecule has 2 heterocycles. The number of piperazine rings is 1. The Bertz CT molecular complexity index is 567. The van der Waals surface area contributed by atoms with Crippen LogP contribution < -0.4 is 10.6 Å². The molecule has 21 heavy (non-hydrogen) atoms. The number of aromatic nitrogens is 1. The van der Waals surface area contributed by atoms with Crippen molar-refractivity contribution < 1.29 is 14.8 Å². The number of nitrogen functional groups attached to an aromatic ring is 1. The third kappa shape index (κ3) is 2.81. The van der Waals surface area contributed by atoms with E-state index in [-0.39, 0.29) is 23.6 Å². The summed E-state index contributed by atoms with van der Waals surface area (Å²) >= 11 is 0. The lowest BCUT2D eigenvalue weighted by Gasteiger charge is -2.43. The van der Waals surface area contributed by atoms with Gasteiger partial charge in [-0.25, -0.2) is 9.78 Å². The van der Waals surface area contributed by atoms with E-state index in [2.05, 4.69) is 4.98 Å². The Kier molecular flexibility index (Phi) is 3.83. The molecule has 1 aromatic heterocycles. The molecule has 0 spiro atoms. The zero-order valence-corrected chi connectivity index (χ0v) is 11.8. The number of amides is 1. The van der Waals surface area contributed by atoms with Gasteiger partial charge in [-0.05, 0) is 19.9 Å². The molecular formula is C12H17N5O4. The van der Waals surface area contributed by atoms with Crippen LogP contribution in [0.3, 0.4) is 0 Å². The summed E-state index contributed by atoms with van der Waals surface area (Å²) in [4.78, 5) is 28.7. The molecular weight excluding hydrogens is 278 g/mol. The molecule has 1 aromatic rings. The molecule has 0 aliphatic carbocycles. The van der Waals surface area contributed by atoms with Crippen LogP contribution in [0.4, 0.5) is 22.1 Å². The van der Waals surface area contributed by atoms with Crippen molar-refractivity contribution in [2.24, 2.45) is 0 Å². The molecule has 0 saturated carbocycles. The van der Waals surface area contributed by atoms with E-state index in [0.29, 0.717) is 18.9 Å². The lowest BCUT2D eigenvalue weighted by atomic mass is 10.1. The van der Waals surface area contributed by atoms with Crippen LogP contribution in [0.2, 0.25) is 0 Å². The van der Waals surface area contributed by atoms with Crippen molar-refractivity contribution in [3.05, 3.63) is 22.2 Å². The van der Waals surface area contributed by atoms with E-state index in [1.807, 2.05) is 18.7 Å². The predicted octanol–water partition coefficient (Wildman–Crippen LogP) is 1.15. The van der Waals surface area contributed by atoms with Gasteiger partial charge in [-0.2, -0.15) is 0 Å². The molecule has 0 unspecified atom stereocenters. The van der Waals surface area contributed by atoms with Gasteiger partial charge in [-0.1, -0.05) is 0 Å². The Labute approximate surface area is 121 Å². The molecule has 9 heteroatoms. The van der Waals surface area contributed by atoms with E-state index >= 15 is 0 Å². The Morgan fingerprint density at radius 1 is 1.43 bits per heavy atom. The average molecular weight is 295 g/mol. The summed E-state index contributed by atoms with van der Waals surface area (Å²) in [5.41, 5.74) is 5.36. The fourth-order valence-corrected chi connectivity index (χ4v) is 2.67. The van der Waals surface area contributed by atoms with Crippen molar-refractivity contribution in [2.75, 3.05) is 23.7 Å². The van der Waals surface area contributed by atoms with Gasteiger partial charge in [0.05, 0.1) is 17.0 Å². The number of carboxylic acid groups (broad SMARTS) is 1. The van der Waals surface area contributed by atoms with Gasteiger partial charge in [0.2, 0.25) is 5.82 Å². The Morgan fingerprint density at radius 2 is 2.00 bits per heavy atom. The molecule has 1 fully saturated rings. The first-order valence-corrected chi connectivity index (χ1v) is 6.48. The number of nitrogens with zero attached hydrogens (tertiary/aromatic N) is 4. The monoisotopic (exact) mass is 295 g/mol. The van der Waals surface area contributed by atoms with Crippen molar-refractivity contribution in [1.29, 1.82) is 0 Å².